The maximum Gasteiger partial charge on any atom is 0.0722 e. The molecule has 0 saturated heterocycles. The lowest BCUT2D eigenvalue weighted by molar-refractivity contribution is 0.221. The minimum Gasteiger partial charge on any atom is -0.389 e. The Morgan fingerprint density at radius 3 is 2.40 bits per heavy atom. The summed E-state index contributed by atoms with van der Waals surface area (Å²) in [7, 11) is 0. The van der Waals surface area contributed by atoms with Gasteiger partial charge < -0.3 is 5.11 Å². The third-order valence-electron chi connectivity index (χ3n) is 2.14. The molecular weight excluding hydrogens is 124 g/mol. The van der Waals surface area contributed by atoms with Gasteiger partial charge in [0.15, 0.2) is 0 Å². The van der Waals surface area contributed by atoms with Crippen LogP contribution in [0.3, 0.4) is 0 Å². The fraction of sp³-hybridized carbons (Fsp3) is 0.778. The summed E-state index contributed by atoms with van der Waals surface area (Å²) in [6.45, 7) is 6.31. The first-order valence-electron chi connectivity index (χ1n) is 3.88. The Bertz CT molecular complexity index is 154. The van der Waals surface area contributed by atoms with E-state index in [-0.39, 0.29) is 6.10 Å². The Morgan fingerprint density at radius 1 is 1.60 bits per heavy atom. The molecule has 0 spiro atoms. The zero-order valence-corrected chi connectivity index (χ0v) is 7.02. The molecule has 0 aromatic rings. The molecule has 1 aliphatic rings. The topological polar surface area (TPSA) is 20.2 Å². The molecule has 0 amide bonds. The lowest BCUT2D eigenvalue weighted by Crippen LogP contribution is -2.09. The summed E-state index contributed by atoms with van der Waals surface area (Å²) >= 11 is 0. The molecule has 1 nitrogen and oxygen atoms in total. The van der Waals surface area contributed by atoms with Crippen molar-refractivity contribution < 1.29 is 5.11 Å². The summed E-state index contributed by atoms with van der Waals surface area (Å²) in [5.74, 6) is 0. The van der Waals surface area contributed by atoms with E-state index < -0.39 is 0 Å². The lowest BCUT2D eigenvalue weighted by atomic mass is 9.89. The molecule has 1 heteroatoms. The van der Waals surface area contributed by atoms with E-state index in [1.165, 1.54) is 5.57 Å². The third-order valence-corrected chi connectivity index (χ3v) is 2.14. The average Bonchev–Trinajstić information content (AvgIpc) is 2.10. The molecule has 1 atom stereocenters. The molecule has 1 rings (SSSR count). The summed E-state index contributed by atoms with van der Waals surface area (Å²) in [6.07, 6.45) is 4.12. The van der Waals surface area contributed by atoms with Crippen molar-refractivity contribution in [2.24, 2.45) is 5.41 Å². The van der Waals surface area contributed by atoms with E-state index in [0.717, 1.165) is 12.8 Å². The minimum absolute atomic E-state index is 0.234. The molecule has 1 unspecified atom stereocenters. The predicted molar refractivity (Wildman–Crippen MR) is 42.8 cm³/mol. The van der Waals surface area contributed by atoms with Crippen LogP contribution in [-0.4, -0.2) is 11.2 Å². The smallest absolute Gasteiger partial charge is 0.0722 e. The van der Waals surface area contributed by atoms with Crippen LogP contribution in [0.4, 0.5) is 0 Å². The number of hydrogen-bond donors (Lipinski definition) is 1. The van der Waals surface area contributed by atoms with E-state index in [1.807, 2.05) is 6.92 Å². The van der Waals surface area contributed by atoms with Crippen LogP contribution in [0.5, 0.6) is 0 Å². The molecule has 0 aromatic heterocycles. The molecule has 1 N–H and O–H groups in total. The molecule has 0 aliphatic heterocycles. The van der Waals surface area contributed by atoms with Gasteiger partial charge in [-0.3, -0.25) is 0 Å². The first-order chi connectivity index (χ1) is 4.51. The second-order valence-electron chi connectivity index (χ2n) is 4.00. The molecule has 0 radical (unpaired) electrons. The Balaban J connectivity index is 2.55. The number of aliphatic hydroxyl groups excluding tert-OH is 1. The maximum atomic E-state index is 9.22. The molecule has 1 aliphatic carbocycles. The highest BCUT2D eigenvalue weighted by Gasteiger charge is 2.25. The van der Waals surface area contributed by atoms with Crippen LogP contribution in [0, 0.1) is 5.41 Å². The van der Waals surface area contributed by atoms with Crippen molar-refractivity contribution in [1.29, 1.82) is 0 Å². The van der Waals surface area contributed by atoms with Gasteiger partial charge >= 0.3 is 0 Å². The molecule has 10 heavy (non-hydrogen) atoms. The lowest BCUT2D eigenvalue weighted by Gasteiger charge is -2.17. The zero-order chi connectivity index (χ0) is 7.78. The second-order valence-corrected chi connectivity index (χ2v) is 4.00. The molecule has 0 fully saturated rings. The number of aliphatic hydroxyl groups is 1. The fourth-order valence-electron chi connectivity index (χ4n) is 1.42. The van der Waals surface area contributed by atoms with E-state index in [0.29, 0.717) is 5.41 Å². The van der Waals surface area contributed by atoms with Crippen LogP contribution in [0.25, 0.3) is 0 Å². The van der Waals surface area contributed by atoms with Gasteiger partial charge in [-0.2, -0.15) is 0 Å². The quantitative estimate of drug-likeness (QED) is 0.553. The Morgan fingerprint density at radius 2 is 2.20 bits per heavy atom. The summed E-state index contributed by atoms with van der Waals surface area (Å²) in [5, 5.41) is 9.22. The zero-order valence-electron chi connectivity index (χ0n) is 7.02. The molecule has 0 bridgehead atoms. The SMILES string of the molecule is CC(O)C1=CCC(C)(C)C1. The minimum atomic E-state index is -0.234. The van der Waals surface area contributed by atoms with Crippen LogP contribution in [0.15, 0.2) is 11.6 Å². The van der Waals surface area contributed by atoms with Crippen molar-refractivity contribution in [1.82, 2.24) is 0 Å². The van der Waals surface area contributed by atoms with Gasteiger partial charge in [0.25, 0.3) is 0 Å². The normalized spacial score (nSPS) is 26.2. The molecule has 0 heterocycles. The van der Waals surface area contributed by atoms with Gasteiger partial charge in [-0.25, -0.2) is 0 Å². The van der Waals surface area contributed by atoms with Crippen molar-refractivity contribution in [2.75, 3.05) is 0 Å². The summed E-state index contributed by atoms with van der Waals surface area (Å²) in [5.41, 5.74) is 1.61. The standard InChI is InChI=1S/C9H16O/c1-7(10)8-4-5-9(2,3)6-8/h4,7,10H,5-6H2,1-3H3. The van der Waals surface area contributed by atoms with Crippen molar-refractivity contribution in [3.8, 4) is 0 Å². The first-order valence-corrected chi connectivity index (χ1v) is 3.88. The van der Waals surface area contributed by atoms with Gasteiger partial charge in [-0.05, 0) is 30.8 Å². The molecular formula is C9H16O. The molecule has 0 saturated carbocycles. The number of allylic oxidation sites excluding steroid dienone is 1. The third kappa shape index (κ3) is 1.60. The maximum absolute atomic E-state index is 9.22. The molecule has 0 aromatic carbocycles. The predicted octanol–water partition coefficient (Wildman–Crippen LogP) is 2.11. The van der Waals surface area contributed by atoms with E-state index >= 15 is 0 Å². The van der Waals surface area contributed by atoms with E-state index in [9.17, 15) is 5.11 Å². The van der Waals surface area contributed by atoms with Gasteiger partial charge in [-0.1, -0.05) is 19.9 Å². The molecule has 58 valence electrons. The number of hydrogen-bond acceptors (Lipinski definition) is 1. The Labute approximate surface area is 62.8 Å². The van der Waals surface area contributed by atoms with Crippen LogP contribution >= 0.6 is 0 Å². The van der Waals surface area contributed by atoms with E-state index in [1.54, 1.807) is 0 Å². The van der Waals surface area contributed by atoms with Crippen LogP contribution < -0.4 is 0 Å². The Hall–Kier alpha value is -0.300. The van der Waals surface area contributed by atoms with Gasteiger partial charge in [0.2, 0.25) is 0 Å². The summed E-state index contributed by atoms with van der Waals surface area (Å²) in [6, 6.07) is 0. The van der Waals surface area contributed by atoms with Gasteiger partial charge in [0.05, 0.1) is 6.10 Å². The van der Waals surface area contributed by atoms with Gasteiger partial charge in [0.1, 0.15) is 0 Å². The van der Waals surface area contributed by atoms with Crippen LogP contribution in [0.2, 0.25) is 0 Å². The van der Waals surface area contributed by atoms with Crippen LogP contribution in [-0.2, 0) is 0 Å². The van der Waals surface area contributed by atoms with Crippen molar-refractivity contribution in [3.05, 3.63) is 11.6 Å². The van der Waals surface area contributed by atoms with Crippen molar-refractivity contribution in [2.45, 2.75) is 39.7 Å². The van der Waals surface area contributed by atoms with Gasteiger partial charge in [0, 0.05) is 0 Å². The second kappa shape index (κ2) is 2.39. The van der Waals surface area contributed by atoms with Gasteiger partial charge in [-0.15, -0.1) is 0 Å². The first kappa shape index (κ1) is 7.80. The van der Waals surface area contributed by atoms with E-state index in [4.69, 9.17) is 0 Å². The summed E-state index contributed by atoms with van der Waals surface area (Å²) in [4.78, 5) is 0. The highest BCUT2D eigenvalue weighted by Crippen LogP contribution is 2.37. The number of rotatable bonds is 1. The highest BCUT2D eigenvalue weighted by atomic mass is 16.3. The van der Waals surface area contributed by atoms with Crippen LogP contribution in [0.1, 0.15) is 33.6 Å². The Kier molecular flexibility index (Phi) is 1.86. The van der Waals surface area contributed by atoms with E-state index in [2.05, 4.69) is 19.9 Å². The highest BCUT2D eigenvalue weighted by molar-refractivity contribution is 5.16. The largest absolute Gasteiger partial charge is 0.389 e. The average molecular weight is 140 g/mol. The van der Waals surface area contributed by atoms with Crippen molar-refractivity contribution in [3.63, 3.8) is 0 Å². The summed E-state index contributed by atoms with van der Waals surface area (Å²) < 4.78 is 0. The monoisotopic (exact) mass is 140 g/mol. The fourth-order valence-corrected chi connectivity index (χ4v) is 1.42. The van der Waals surface area contributed by atoms with Crippen molar-refractivity contribution >= 4 is 0 Å².